The Balaban J connectivity index is 0.000000597. The van der Waals surface area contributed by atoms with Gasteiger partial charge in [-0.15, -0.1) is 0 Å². The van der Waals surface area contributed by atoms with Gasteiger partial charge in [-0.05, 0) is 18.2 Å². The Bertz CT molecular complexity index is 579. The summed E-state index contributed by atoms with van der Waals surface area (Å²) in [5.41, 5.74) is -1.31. The van der Waals surface area contributed by atoms with E-state index in [9.17, 15) is 15.0 Å². The van der Waals surface area contributed by atoms with Crippen LogP contribution in [0.5, 0.6) is 0 Å². The average Bonchev–Trinajstić information content (AvgIpc) is 2.63. The van der Waals surface area contributed by atoms with Crippen molar-refractivity contribution in [3.63, 3.8) is 0 Å². The molecule has 140 valence electrons. The number of hydrogen-bond acceptors (Lipinski definition) is 5. The van der Waals surface area contributed by atoms with Crippen LogP contribution < -0.4 is 0 Å². The third-order valence-corrected chi connectivity index (χ3v) is 3.66. The molecule has 0 aromatic heterocycles. The Morgan fingerprint density at radius 1 is 0.885 bits per heavy atom. The Labute approximate surface area is 164 Å². The molecule has 0 aliphatic heterocycles. The molecule has 0 spiro atoms. The second-order valence-corrected chi connectivity index (χ2v) is 5.50. The number of nitrogens with zero attached hydrogens (tertiary/aromatic N) is 1. The van der Waals surface area contributed by atoms with Crippen LogP contribution in [0.15, 0.2) is 60.7 Å². The summed E-state index contributed by atoms with van der Waals surface area (Å²) in [7, 11) is 1.85. The van der Waals surface area contributed by atoms with Gasteiger partial charge in [0.05, 0.1) is 13.2 Å². The maximum atomic E-state index is 11.4. The van der Waals surface area contributed by atoms with E-state index in [1.54, 1.807) is 60.7 Å². The summed E-state index contributed by atoms with van der Waals surface area (Å²) in [5, 5.41) is 36.4. The predicted molar refractivity (Wildman–Crippen MR) is 101 cm³/mol. The fraction of sp³-hybridized carbons (Fsp3) is 0.316. The molecule has 0 saturated carbocycles. The quantitative estimate of drug-likeness (QED) is 0.488. The van der Waals surface area contributed by atoms with Crippen molar-refractivity contribution in [2.45, 2.75) is 5.60 Å². The summed E-state index contributed by atoms with van der Waals surface area (Å²) in [4.78, 5) is 13.2. The molecule has 0 bridgehead atoms. The van der Waals surface area contributed by atoms with Crippen molar-refractivity contribution in [3.8, 4) is 0 Å². The summed E-state index contributed by atoms with van der Waals surface area (Å²) in [6, 6.07) is 16.7. The van der Waals surface area contributed by atoms with E-state index in [4.69, 9.17) is 10.2 Å². The van der Waals surface area contributed by atoms with E-state index < -0.39 is 11.6 Å². The van der Waals surface area contributed by atoms with Gasteiger partial charge >= 0.3 is 5.97 Å². The molecule has 2 rings (SSSR count). The van der Waals surface area contributed by atoms with Gasteiger partial charge in [0.1, 0.15) is 0 Å². The molecule has 0 atom stereocenters. The van der Waals surface area contributed by atoms with Gasteiger partial charge < -0.3 is 25.3 Å². The average molecular weight is 420 g/mol. The van der Waals surface area contributed by atoms with E-state index in [1.807, 2.05) is 11.9 Å². The molecule has 0 heterocycles. The second kappa shape index (κ2) is 12.6. The standard InChI is InChI=1S/C14H12O3.C5H13NO2.Ge/c15-13(16)14(17,11-7-3-1-4-8-11)12-9-5-2-6-10-12;1-6(2-4-7)3-5-8;/h1-10,17H,(H,15,16);7-8H,2-5H2,1H3;. The monoisotopic (exact) mass is 421 g/mol. The Hall–Kier alpha value is -1.71. The van der Waals surface area contributed by atoms with Crippen LogP contribution in [0, 0.1) is 0 Å². The summed E-state index contributed by atoms with van der Waals surface area (Å²) in [6.07, 6.45) is 0. The van der Waals surface area contributed by atoms with Gasteiger partial charge in [0, 0.05) is 30.7 Å². The van der Waals surface area contributed by atoms with Crippen molar-refractivity contribution in [3.05, 3.63) is 71.8 Å². The minimum atomic E-state index is -2.00. The number of aliphatic hydroxyl groups is 3. The molecule has 0 aliphatic rings. The molecule has 2 aromatic carbocycles. The van der Waals surface area contributed by atoms with Gasteiger partial charge in [-0.3, -0.25) is 0 Å². The first-order valence-electron chi connectivity index (χ1n) is 7.93. The number of carbonyl (C=O) groups is 1. The van der Waals surface area contributed by atoms with E-state index in [2.05, 4.69) is 0 Å². The van der Waals surface area contributed by atoms with Gasteiger partial charge in [-0.25, -0.2) is 4.79 Å². The van der Waals surface area contributed by atoms with Gasteiger partial charge in [0.2, 0.25) is 5.60 Å². The molecule has 0 amide bonds. The van der Waals surface area contributed by atoms with E-state index in [0.717, 1.165) is 0 Å². The van der Waals surface area contributed by atoms with Crippen LogP contribution in [0.2, 0.25) is 0 Å². The number of carboxylic acid groups (broad SMARTS) is 1. The predicted octanol–water partition coefficient (Wildman–Crippen LogP) is 0.529. The van der Waals surface area contributed by atoms with E-state index in [0.29, 0.717) is 24.2 Å². The molecule has 26 heavy (non-hydrogen) atoms. The van der Waals surface area contributed by atoms with Crippen molar-refractivity contribution in [2.24, 2.45) is 0 Å². The van der Waals surface area contributed by atoms with Crippen LogP contribution in [0.4, 0.5) is 0 Å². The molecular weight excluding hydrogens is 395 g/mol. The molecule has 0 unspecified atom stereocenters. The zero-order valence-electron chi connectivity index (χ0n) is 14.7. The largest absolute Gasteiger partial charge is 0.479 e. The number of benzene rings is 2. The fourth-order valence-electron chi connectivity index (χ4n) is 2.23. The number of hydrogen-bond donors (Lipinski definition) is 4. The topological polar surface area (TPSA) is 101 Å². The zero-order valence-corrected chi connectivity index (χ0v) is 16.8. The third kappa shape index (κ3) is 6.89. The number of aliphatic hydroxyl groups excluding tert-OH is 2. The first-order chi connectivity index (χ1) is 12.0. The second-order valence-electron chi connectivity index (χ2n) is 5.50. The molecule has 0 aliphatic carbocycles. The maximum absolute atomic E-state index is 11.4. The van der Waals surface area contributed by atoms with E-state index in [1.165, 1.54) is 0 Å². The van der Waals surface area contributed by atoms with Crippen molar-refractivity contribution >= 4 is 23.6 Å². The van der Waals surface area contributed by atoms with Crippen LogP contribution in [0.25, 0.3) is 0 Å². The molecule has 0 saturated heterocycles. The summed E-state index contributed by atoms with van der Waals surface area (Å²) >= 11 is 0. The first-order valence-corrected chi connectivity index (χ1v) is 7.93. The maximum Gasteiger partial charge on any atom is 0.345 e. The Morgan fingerprint density at radius 2 is 1.23 bits per heavy atom. The molecule has 4 radical (unpaired) electrons. The SMILES string of the molecule is CN(CCO)CCO.O=C(O)C(O)(c1ccccc1)c1ccccc1.[Ge]. The van der Waals surface area contributed by atoms with Gasteiger partial charge in [-0.2, -0.15) is 0 Å². The molecule has 4 N–H and O–H groups in total. The first kappa shape index (κ1) is 24.3. The normalized spacial score (nSPS) is 10.5. The smallest absolute Gasteiger partial charge is 0.345 e. The number of likely N-dealkylation sites (N-methyl/N-ethyl adjacent to an activating group) is 1. The molecule has 0 fully saturated rings. The van der Waals surface area contributed by atoms with Gasteiger partial charge in [-0.1, -0.05) is 60.7 Å². The number of rotatable bonds is 7. The third-order valence-electron chi connectivity index (χ3n) is 3.66. The van der Waals surface area contributed by atoms with Crippen molar-refractivity contribution in [1.29, 1.82) is 0 Å². The molecule has 2 aromatic rings. The molecular formula is C19H25GeNO5. The minimum Gasteiger partial charge on any atom is -0.479 e. The summed E-state index contributed by atoms with van der Waals surface area (Å²) in [5.74, 6) is -1.28. The Morgan fingerprint density at radius 3 is 1.50 bits per heavy atom. The van der Waals surface area contributed by atoms with Crippen molar-refractivity contribution < 1.29 is 25.2 Å². The zero-order chi connectivity index (χ0) is 18.7. The van der Waals surface area contributed by atoms with Crippen LogP contribution in [-0.4, -0.2) is 82.2 Å². The van der Waals surface area contributed by atoms with Crippen LogP contribution in [-0.2, 0) is 10.4 Å². The molecule has 7 heteroatoms. The van der Waals surface area contributed by atoms with Crippen LogP contribution in [0.3, 0.4) is 0 Å². The minimum absolute atomic E-state index is 0. The van der Waals surface area contributed by atoms with Crippen LogP contribution in [0.1, 0.15) is 11.1 Å². The fourth-order valence-corrected chi connectivity index (χ4v) is 2.23. The van der Waals surface area contributed by atoms with Gasteiger partial charge in [0.25, 0.3) is 0 Å². The number of aliphatic carboxylic acids is 1. The molecule has 6 nitrogen and oxygen atoms in total. The van der Waals surface area contributed by atoms with E-state index >= 15 is 0 Å². The van der Waals surface area contributed by atoms with E-state index in [-0.39, 0.29) is 30.8 Å². The summed E-state index contributed by atoms with van der Waals surface area (Å²) in [6.45, 7) is 1.61. The van der Waals surface area contributed by atoms with Gasteiger partial charge in [0.15, 0.2) is 0 Å². The Kier molecular flexibility index (Phi) is 11.8. The van der Waals surface area contributed by atoms with Crippen LogP contribution >= 0.6 is 0 Å². The number of carboxylic acids is 1. The van der Waals surface area contributed by atoms with Crippen molar-refractivity contribution in [2.75, 3.05) is 33.4 Å². The van der Waals surface area contributed by atoms with Crippen molar-refractivity contribution in [1.82, 2.24) is 4.90 Å². The summed E-state index contributed by atoms with van der Waals surface area (Å²) < 4.78 is 0.